The van der Waals surface area contributed by atoms with Gasteiger partial charge in [-0.05, 0) is 17.7 Å². The minimum atomic E-state index is -0.425. The second kappa shape index (κ2) is 10.2. The van der Waals surface area contributed by atoms with E-state index >= 15 is 0 Å². The quantitative estimate of drug-likeness (QED) is 0.638. The van der Waals surface area contributed by atoms with Crippen LogP contribution < -0.4 is 15.4 Å². The number of carbonyl (C=O) groups excluding carboxylic acids is 2. The molecule has 27 heavy (non-hydrogen) atoms. The molecule has 1 aromatic carbocycles. The molecule has 0 saturated heterocycles. The Balaban J connectivity index is 2.19. The van der Waals surface area contributed by atoms with Crippen LogP contribution >= 0.6 is 23.4 Å². The standard InChI is InChI=1S/C18H20ClN3O4S/c1-25-6-5-21-17(24)10-27-18-13(9-20)12(8-16(23)22-18)11-3-4-15(26-2)14(19)7-11/h3-4,7,12H,5-6,8,10H2,1-2H3,(H,21,24)(H,22,23)/t12-/m1/s1. The van der Waals surface area contributed by atoms with Gasteiger partial charge in [0.2, 0.25) is 11.8 Å². The van der Waals surface area contributed by atoms with E-state index < -0.39 is 5.92 Å². The first-order valence-electron chi connectivity index (χ1n) is 8.16. The molecule has 0 radical (unpaired) electrons. The van der Waals surface area contributed by atoms with Crippen LogP contribution in [0.3, 0.4) is 0 Å². The maximum atomic E-state index is 12.1. The SMILES string of the molecule is COCCNC(=O)CSC1=C(C#N)[C@@H](c2ccc(OC)c(Cl)c2)CC(=O)N1. The number of carbonyl (C=O) groups is 2. The van der Waals surface area contributed by atoms with Gasteiger partial charge in [-0.25, -0.2) is 0 Å². The highest BCUT2D eigenvalue weighted by Crippen LogP contribution is 2.38. The Morgan fingerprint density at radius 3 is 2.89 bits per heavy atom. The lowest BCUT2D eigenvalue weighted by Gasteiger charge is -2.25. The largest absolute Gasteiger partial charge is 0.495 e. The molecule has 2 amide bonds. The van der Waals surface area contributed by atoms with E-state index in [1.165, 1.54) is 7.11 Å². The molecule has 0 spiro atoms. The molecule has 1 aliphatic rings. The summed E-state index contributed by atoms with van der Waals surface area (Å²) in [7, 11) is 3.07. The van der Waals surface area contributed by atoms with Gasteiger partial charge in [-0.1, -0.05) is 29.4 Å². The van der Waals surface area contributed by atoms with Crippen LogP contribution in [0.1, 0.15) is 17.9 Å². The topological polar surface area (TPSA) is 100 Å². The molecule has 0 aliphatic carbocycles. The third-order valence-corrected chi connectivity index (χ3v) is 5.22. The molecule has 1 aliphatic heterocycles. The van der Waals surface area contributed by atoms with Crippen molar-refractivity contribution in [3.05, 3.63) is 39.4 Å². The van der Waals surface area contributed by atoms with Gasteiger partial charge in [0, 0.05) is 26.0 Å². The third kappa shape index (κ3) is 5.63. The number of amides is 2. The molecule has 7 nitrogen and oxygen atoms in total. The van der Waals surface area contributed by atoms with Gasteiger partial charge in [-0.3, -0.25) is 9.59 Å². The van der Waals surface area contributed by atoms with Crippen LogP contribution in [0.25, 0.3) is 0 Å². The van der Waals surface area contributed by atoms with Crippen molar-refractivity contribution in [3.8, 4) is 11.8 Å². The van der Waals surface area contributed by atoms with Crippen molar-refractivity contribution in [2.24, 2.45) is 0 Å². The van der Waals surface area contributed by atoms with Gasteiger partial charge in [0.15, 0.2) is 0 Å². The maximum Gasteiger partial charge on any atom is 0.230 e. The second-order valence-corrected chi connectivity index (χ2v) is 7.08. The molecule has 1 atom stereocenters. The van der Waals surface area contributed by atoms with Crippen LogP contribution in [-0.2, 0) is 14.3 Å². The van der Waals surface area contributed by atoms with E-state index in [0.29, 0.717) is 34.5 Å². The Morgan fingerprint density at radius 1 is 1.48 bits per heavy atom. The number of nitrogens with zero attached hydrogens (tertiary/aromatic N) is 1. The van der Waals surface area contributed by atoms with Crippen molar-refractivity contribution < 1.29 is 19.1 Å². The molecule has 0 saturated carbocycles. The summed E-state index contributed by atoms with van der Waals surface area (Å²) in [6, 6.07) is 7.35. The predicted octanol–water partition coefficient (Wildman–Crippen LogP) is 2.18. The van der Waals surface area contributed by atoms with Crippen molar-refractivity contribution in [2.75, 3.05) is 33.1 Å². The van der Waals surface area contributed by atoms with Gasteiger partial charge in [0.05, 0.1) is 41.2 Å². The number of nitrogens with one attached hydrogen (secondary N) is 2. The number of halogens is 1. The molecular weight excluding hydrogens is 390 g/mol. The molecule has 2 rings (SSSR count). The van der Waals surface area contributed by atoms with Crippen LogP contribution in [0.4, 0.5) is 0 Å². The van der Waals surface area contributed by atoms with Gasteiger partial charge in [0.25, 0.3) is 0 Å². The fraction of sp³-hybridized carbons (Fsp3) is 0.389. The molecule has 1 heterocycles. The number of hydrogen-bond donors (Lipinski definition) is 2. The van der Waals surface area contributed by atoms with Crippen molar-refractivity contribution in [1.82, 2.24) is 10.6 Å². The first-order valence-corrected chi connectivity index (χ1v) is 9.52. The van der Waals surface area contributed by atoms with Gasteiger partial charge in [-0.2, -0.15) is 5.26 Å². The van der Waals surface area contributed by atoms with Crippen LogP contribution in [0.5, 0.6) is 5.75 Å². The summed E-state index contributed by atoms with van der Waals surface area (Å²) >= 11 is 7.31. The summed E-state index contributed by atoms with van der Waals surface area (Å²) in [5.41, 5.74) is 1.15. The lowest BCUT2D eigenvalue weighted by atomic mass is 9.87. The fourth-order valence-corrected chi connectivity index (χ4v) is 3.77. The molecule has 0 aromatic heterocycles. The van der Waals surface area contributed by atoms with Crippen molar-refractivity contribution in [1.29, 1.82) is 5.26 Å². The highest BCUT2D eigenvalue weighted by atomic mass is 35.5. The van der Waals surface area contributed by atoms with E-state index in [4.69, 9.17) is 21.1 Å². The number of thioether (sulfide) groups is 1. The van der Waals surface area contributed by atoms with E-state index in [2.05, 4.69) is 16.7 Å². The third-order valence-electron chi connectivity index (χ3n) is 3.91. The highest BCUT2D eigenvalue weighted by Gasteiger charge is 2.30. The number of methoxy groups -OCH3 is 2. The average Bonchev–Trinajstić information content (AvgIpc) is 2.66. The van der Waals surface area contributed by atoms with Gasteiger partial charge in [0.1, 0.15) is 5.75 Å². The summed E-state index contributed by atoms with van der Waals surface area (Å²) in [4.78, 5) is 24.0. The van der Waals surface area contributed by atoms with Crippen molar-refractivity contribution in [2.45, 2.75) is 12.3 Å². The lowest BCUT2D eigenvalue weighted by molar-refractivity contribution is -0.121. The van der Waals surface area contributed by atoms with E-state index in [1.807, 2.05) is 0 Å². The zero-order chi connectivity index (χ0) is 19.8. The summed E-state index contributed by atoms with van der Waals surface area (Å²) in [5, 5.41) is 15.8. The zero-order valence-corrected chi connectivity index (χ0v) is 16.6. The molecule has 144 valence electrons. The Morgan fingerprint density at radius 2 is 2.26 bits per heavy atom. The van der Waals surface area contributed by atoms with Crippen LogP contribution in [0, 0.1) is 11.3 Å². The van der Waals surface area contributed by atoms with Gasteiger partial charge < -0.3 is 20.1 Å². The monoisotopic (exact) mass is 409 g/mol. The van der Waals surface area contributed by atoms with E-state index in [1.54, 1.807) is 25.3 Å². The zero-order valence-electron chi connectivity index (χ0n) is 15.0. The van der Waals surface area contributed by atoms with Crippen molar-refractivity contribution in [3.63, 3.8) is 0 Å². The highest BCUT2D eigenvalue weighted by molar-refractivity contribution is 8.03. The summed E-state index contributed by atoms with van der Waals surface area (Å²) in [6.07, 6.45) is 0.135. The first kappa shape index (κ1) is 21.1. The minimum absolute atomic E-state index is 0.0839. The summed E-state index contributed by atoms with van der Waals surface area (Å²) < 4.78 is 10.0. The Hall–Kier alpha value is -2.21. The normalized spacial score (nSPS) is 16.5. The predicted molar refractivity (Wildman–Crippen MR) is 103 cm³/mol. The van der Waals surface area contributed by atoms with Crippen LogP contribution in [0.2, 0.25) is 5.02 Å². The smallest absolute Gasteiger partial charge is 0.230 e. The summed E-state index contributed by atoms with van der Waals surface area (Å²) in [5.74, 6) is -0.240. The Labute approximate surface area is 167 Å². The number of hydrogen-bond acceptors (Lipinski definition) is 6. The second-order valence-electron chi connectivity index (χ2n) is 5.68. The molecule has 1 aromatic rings. The lowest BCUT2D eigenvalue weighted by Crippen LogP contribution is -2.33. The van der Waals surface area contributed by atoms with E-state index in [0.717, 1.165) is 17.3 Å². The molecule has 0 unspecified atom stereocenters. The molecule has 2 N–H and O–H groups in total. The molecule has 0 fully saturated rings. The Kier molecular flexibility index (Phi) is 7.98. The summed E-state index contributed by atoms with van der Waals surface area (Å²) in [6.45, 7) is 0.818. The minimum Gasteiger partial charge on any atom is -0.495 e. The molecule has 9 heteroatoms. The number of nitriles is 1. The molecular formula is C18H20ClN3O4S. The molecule has 0 bridgehead atoms. The van der Waals surface area contributed by atoms with Crippen LogP contribution in [0.15, 0.2) is 28.8 Å². The van der Waals surface area contributed by atoms with Crippen molar-refractivity contribution >= 4 is 35.2 Å². The fourth-order valence-electron chi connectivity index (χ4n) is 2.60. The maximum absolute atomic E-state index is 12.1. The Bertz CT molecular complexity index is 791. The van der Waals surface area contributed by atoms with E-state index in [9.17, 15) is 14.9 Å². The average molecular weight is 410 g/mol. The number of rotatable bonds is 8. The number of allylic oxidation sites excluding steroid dienone is 1. The number of ether oxygens (including phenoxy) is 2. The first-order chi connectivity index (χ1) is 13.0. The van der Waals surface area contributed by atoms with Crippen LogP contribution in [-0.4, -0.2) is 44.9 Å². The van der Waals surface area contributed by atoms with Gasteiger partial charge >= 0.3 is 0 Å². The van der Waals surface area contributed by atoms with E-state index in [-0.39, 0.29) is 24.0 Å². The number of benzene rings is 1. The van der Waals surface area contributed by atoms with Gasteiger partial charge in [-0.15, -0.1) is 0 Å².